The third kappa shape index (κ3) is 3.23. The fourth-order valence-electron chi connectivity index (χ4n) is 1.98. The number of hydrogen-bond acceptors (Lipinski definition) is 2. The summed E-state index contributed by atoms with van der Waals surface area (Å²) >= 11 is 0. The van der Waals surface area contributed by atoms with Gasteiger partial charge in [-0.15, -0.1) is 0 Å². The molecule has 0 aliphatic heterocycles. The van der Waals surface area contributed by atoms with Gasteiger partial charge in [0, 0.05) is 17.5 Å². The highest BCUT2D eigenvalue weighted by Crippen LogP contribution is 2.22. The van der Waals surface area contributed by atoms with Gasteiger partial charge in [0.25, 0.3) is 0 Å². The minimum Gasteiger partial charge on any atom is -0.384 e. The van der Waals surface area contributed by atoms with Crippen LogP contribution in [0.3, 0.4) is 0 Å². The highest BCUT2D eigenvalue weighted by Gasteiger charge is 2.05. The van der Waals surface area contributed by atoms with E-state index in [0.717, 1.165) is 11.3 Å². The Morgan fingerprint density at radius 2 is 1.78 bits per heavy atom. The molecule has 3 heteroatoms. The van der Waals surface area contributed by atoms with Crippen LogP contribution in [0, 0.1) is 26.2 Å². The van der Waals surface area contributed by atoms with Gasteiger partial charge in [-0.05, 0) is 44.4 Å². The van der Waals surface area contributed by atoms with E-state index in [9.17, 15) is 0 Å². The highest BCUT2D eigenvalue weighted by molar-refractivity contribution is 5.98. The number of benzene rings is 1. The minimum atomic E-state index is 0.0254. The van der Waals surface area contributed by atoms with Gasteiger partial charge < -0.3 is 11.1 Å². The van der Waals surface area contributed by atoms with Crippen molar-refractivity contribution in [3.05, 3.63) is 52.7 Å². The Labute approximate surface area is 109 Å². The maximum absolute atomic E-state index is 7.50. The molecule has 4 N–H and O–H groups in total. The average Bonchev–Trinajstić information content (AvgIpc) is 2.20. The van der Waals surface area contributed by atoms with Crippen molar-refractivity contribution in [2.75, 3.05) is 5.32 Å². The predicted octanol–water partition coefficient (Wildman–Crippen LogP) is 3.42. The molecule has 0 saturated heterocycles. The first-order valence-electron chi connectivity index (χ1n) is 5.87. The van der Waals surface area contributed by atoms with Crippen LogP contribution in [0.2, 0.25) is 0 Å². The molecule has 0 radical (unpaired) electrons. The van der Waals surface area contributed by atoms with Crippen LogP contribution in [0.15, 0.2) is 36.1 Å². The zero-order chi connectivity index (χ0) is 13.9. The zero-order valence-electron chi connectivity index (χ0n) is 11.5. The SMILES string of the molecule is C=C(C)/C(=C/Nc1c(C)cc(C)cc1C)C(=N)N. The summed E-state index contributed by atoms with van der Waals surface area (Å²) in [6.07, 6.45) is 1.75. The first-order valence-corrected chi connectivity index (χ1v) is 5.87. The molecule has 1 rings (SSSR count). The second kappa shape index (κ2) is 5.54. The van der Waals surface area contributed by atoms with Gasteiger partial charge in [-0.3, -0.25) is 5.41 Å². The number of aryl methyl sites for hydroxylation is 3. The van der Waals surface area contributed by atoms with Gasteiger partial charge in [0.15, 0.2) is 0 Å². The maximum atomic E-state index is 7.50. The van der Waals surface area contributed by atoms with E-state index in [2.05, 4.69) is 44.8 Å². The van der Waals surface area contributed by atoms with Crippen LogP contribution in [-0.2, 0) is 0 Å². The molecule has 96 valence electrons. The van der Waals surface area contributed by atoms with Crippen molar-refractivity contribution >= 4 is 11.5 Å². The van der Waals surface area contributed by atoms with Crippen molar-refractivity contribution in [1.29, 1.82) is 5.41 Å². The average molecular weight is 243 g/mol. The number of nitrogens with one attached hydrogen (secondary N) is 2. The van der Waals surface area contributed by atoms with Gasteiger partial charge >= 0.3 is 0 Å². The Morgan fingerprint density at radius 3 is 2.17 bits per heavy atom. The summed E-state index contributed by atoms with van der Waals surface area (Å²) in [6, 6.07) is 4.24. The second-order valence-corrected chi connectivity index (χ2v) is 4.67. The lowest BCUT2D eigenvalue weighted by atomic mass is 10.0. The van der Waals surface area contributed by atoms with Crippen LogP contribution < -0.4 is 11.1 Å². The summed E-state index contributed by atoms with van der Waals surface area (Å²) < 4.78 is 0. The highest BCUT2D eigenvalue weighted by atomic mass is 14.9. The minimum absolute atomic E-state index is 0.0254. The van der Waals surface area contributed by atoms with Crippen molar-refractivity contribution in [3.63, 3.8) is 0 Å². The van der Waals surface area contributed by atoms with Crippen molar-refractivity contribution in [3.8, 4) is 0 Å². The van der Waals surface area contributed by atoms with E-state index < -0.39 is 0 Å². The number of amidine groups is 1. The second-order valence-electron chi connectivity index (χ2n) is 4.67. The lowest BCUT2D eigenvalue weighted by Crippen LogP contribution is -2.15. The van der Waals surface area contributed by atoms with Crippen LogP contribution in [-0.4, -0.2) is 5.84 Å². The Hall–Kier alpha value is -2.03. The number of hydrogen-bond donors (Lipinski definition) is 3. The summed E-state index contributed by atoms with van der Waals surface area (Å²) in [7, 11) is 0. The molecule has 0 spiro atoms. The Bertz CT molecular complexity index is 486. The molecule has 0 fully saturated rings. The molecule has 0 aliphatic carbocycles. The third-order valence-electron chi connectivity index (χ3n) is 2.79. The van der Waals surface area contributed by atoms with Crippen molar-refractivity contribution in [2.24, 2.45) is 5.73 Å². The summed E-state index contributed by atoms with van der Waals surface area (Å²) in [6.45, 7) is 11.9. The van der Waals surface area contributed by atoms with Gasteiger partial charge in [0.2, 0.25) is 0 Å². The predicted molar refractivity (Wildman–Crippen MR) is 79.1 cm³/mol. The van der Waals surface area contributed by atoms with E-state index in [0.29, 0.717) is 5.57 Å². The number of nitrogens with two attached hydrogens (primary N) is 1. The molecule has 1 aromatic rings. The molecule has 18 heavy (non-hydrogen) atoms. The molecular formula is C15H21N3. The first-order chi connectivity index (χ1) is 8.32. The van der Waals surface area contributed by atoms with Crippen molar-refractivity contribution in [1.82, 2.24) is 0 Å². The van der Waals surface area contributed by atoms with Crippen molar-refractivity contribution in [2.45, 2.75) is 27.7 Å². The van der Waals surface area contributed by atoms with Crippen LogP contribution in [0.5, 0.6) is 0 Å². The number of rotatable bonds is 4. The van der Waals surface area contributed by atoms with E-state index in [1.54, 1.807) is 6.20 Å². The molecule has 0 unspecified atom stereocenters. The van der Waals surface area contributed by atoms with Crippen LogP contribution in [0.1, 0.15) is 23.6 Å². The van der Waals surface area contributed by atoms with Gasteiger partial charge in [0.05, 0.1) is 0 Å². The summed E-state index contributed by atoms with van der Waals surface area (Å²) in [5.74, 6) is 0.0254. The molecule has 0 atom stereocenters. The molecule has 3 nitrogen and oxygen atoms in total. The topological polar surface area (TPSA) is 61.9 Å². The normalized spacial score (nSPS) is 11.2. The lowest BCUT2D eigenvalue weighted by molar-refractivity contribution is 1.30. The summed E-state index contributed by atoms with van der Waals surface area (Å²) in [4.78, 5) is 0. The van der Waals surface area contributed by atoms with Crippen molar-refractivity contribution < 1.29 is 0 Å². The maximum Gasteiger partial charge on any atom is 0.124 e. The zero-order valence-corrected chi connectivity index (χ0v) is 11.5. The largest absolute Gasteiger partial charge is 0.384 e. The van der Waals surface area contributed by atoms with Gasteiger partial charge in [-0.25, -0.2) is 0 Å². The number of anilines is 1. The van der Waals surface area contributed by atoms with E-state index in [1.165, 1.54) is 16.7 Å². The van der Waals surface area contributed by atoms with Gasteiger partial charge in [-0.1, -0.05) is 24.3 Å². The quantitative estimate of drug-likeness (QED) is 0.431. The summed E-state index contributed by atoms with van der Waals surface area (Å²) in [5.41, 5.74) is 11.6. The van der Waals surface area contributed by atoms with Crippen LogP contribution in [0.4, 0.5) is 5.69 Å². The fraction of sp³-hybridized carbons (Fsp3) is 0.267. The van der Waals surface area contributed by atoms with E-state index in [-0.39, 0.29) is 5.84 Å². The first kappa shape index (κ1) is 14.0. The fourth-order valence-corrected chi connectivity index (χ4v) is 1.98. The molecule has 1 aromatic carbocycles. The molecule has 0 aliphatic rings. The van der Waals surface area contributed by atoms with Crippen LogP contribution in [0.25, 0.3) is 0 Å². The molecular weight excluding hydrogens is 222 g/mol. The Balaban J connectivity index is 3.09. The van der Waals surface area contributed by atoms with E-state index >= 15 is 0 Å². The smallest absolute Gasteiger partial charge is 0.124 e. The lowest BCUT2D eigenvalue weighted by Gasteiger charge is -2.12. The molecule has 0 bridgehead atoms. The van der Waals surface area contributed by atoms with E-state index in [1.807, 2.05) is 6.92 Å². The van der Waals surface area contributed by atoms with Gasteiger partial charge in [0.1, 0.15) is 5.84 Å². The molecule has 0 saturated carbocycles. The Kier molecular flexibility index (Phi) is 4.32. The molecule has 0 heterocycles. The summed E-state index contributed by atoms with van der Waals surface area (Å²) in [5, 5.41) is 10.7. The van der Waals surface area contributed by atoms with E-state index in [4.69, 9.17) is 11.1 Å². The molecule has 0 aromatic heterocycles. The third-order valence-corrected chi connectivity index (χ3v) is 2.79. The molecule has 0 amide bonds. The van der Waals surface area contributed by atoms with Crippen LogP contribution >= 0.6 is 0 Å². The standard InChI is InChI=1S/C15H21N3/c1-9(2)13(15(16)17)8-18-14-11(4)6-10(3)7-12(14)5/h6-8,18H,1H2,2-5H3,(H3,16,17)/b13-8-. The monoisotopic (exact) mass is 243 g/mol. The Morgan fingerprint density at radius 1 is 1.28 bits per heavy atom. The van der Waals surface area contributed by atoms with Gasteiger partial charge in [-0.2, -0.15) is 0 Å².